The first-order valence-electron chi connectivity index (χ1n) is 11.5. The summed E-state index contributed by atoms with van der Waals surface area (Å²) in [5, 5.41) is 0.260. The summed E-state index contributed by atoms with van der Waals surface area (Å²) >= 11 is 0. The Morgan fingerprint density at radius 1 is 1.17 bits per heavy atom. The van der Waals surface area contributed by atoms with Crippen molar-refractivity contribution >= 4 is 8.32 Å². The SMILES string of the molecule is C=CC[C@]1(CCCO[Si](C)(C)C(C)(C)C)C(OCc2ccc(OC)cc2)CC[C@@H]1C. The van der Waals surface area contributed by atoms with Gasteiger partial charge < -0.3 is 13.9 Å². The van der Waals surface area contributed by atoms with Gasteiger partial charge in [0, 0.05) is 12.0 Å². The Labute approximate surface area is 186 Å². The number of hydrogen-bond donors (Lipinski definition) is 0. The lowest BCUT2D eigenvalue weighted by Gasteiger charge is -2.40. The summed E-state index contributed by atoms with van der Waals surface area (Å²) in [5.41, 5.74) is 1.37. The van der Waals surface area contributed by atoms with E-state index in [1.165, 1.54) is 12.0 Å². The summed E-state index contributed by atoms with van der Waals surface area (Å²) in [6.45, 7) is 19.6. The molecule has 0 saturated heterocycles. The predicted octanol–water partition coefficient (Wildman–Crippen LogP) is 7.37. The van der Waals surface area contributed by atoms with Crippen LogP contribution in [0.1, 0.15) is 65.4 Å². The minimum absolute atomic E-state index is 0.172. The molecule has 0 amide bonds. The van der Waals surface area contributed by atoms with E-state index in [0.29, 0.717) is 12.5 Å². The molecule has 0 bridgehead atoms. The second kappa shape index (κ2) is 10.5. The zero-order chi connectivity index (χ0) is 22.4. The van der Waals surface area contributed by atoms with Crippen molar-refractivity contribution in [3.8, 4) is 5.75 Å². The van der Waals surface area contributed by atoms with Gasteiger partial charge in [0.05, 0.1) is 19.8 Å². The van der Waals surface area contributed by atoms with Crippen molar-refractivity contribution in [1.29, 1.82) is 0 Å². The summed E-state index contributed by atoms with van der Waals surface area (Å²) in [5.74, 6) is 1.53. The van der Waals surface area contributed by atoms with Crippen LogP contribution in [0.2, 0.25) is 18.1 Å². The molecule has 0 heterocycles. The Balaban J connectivity index is 2.00. The van der Waals surface area contributed by atoms with Gasteiger partial charge in [-0.1, -0.05) is 45.9 Å². The highest BCUT2D eigenvalue weighted by atomic mass is 28.4. The van der Waals surface area contributed by atoms with Crippen molar-refractivity contribution in [2.24, 2.45) is 11.3 Å². The topological polar surface area (TPSA) is 27.7 Å². The number of hydrogen-bond acceptors (Lipinski definition) is 3. The van der Waals surface area contributed by atoms with E-state index in [4.69, 9.17) is 13.9 Å². The molecule has 3 atom stereocenters. The summed E-state index contributed by atoms with van der Waals surface area (Å²) in [6, 6.07) is 8.20. The van der Waals surface area contributed by atoms with Crippen LogP contribution in [-0.2, 0) is 15.8 Å². The summed E-state index contributed by atoms with van der Waals surface area (Å²) in [7, 11) is 0.0109. The summed E-state index contributed by atoms with van der Waals surface area (Å²) in [6.07, 6.45) is 7.98. The molecule has 4 heteroatoms. The van der Waals surface area contributed by atoms with E-state index >= 15 is 0 Å². The summed E-state index contributed by atoms with van der Waals surface area (Å²) in [4.78, 5) is 0. The number of rotatable bonds is 11. The van der Waals surface area contributed by atoms with Gasteiger partial charge in [-0.25, -0.2) is 0 Å². The smallest absolute Gasteiger partial charge is 0.191 e. The fraction of sp³-hybridized carbons (Fsp3) is 0.692. The number of allylic oxidation sites excluding steroid dienone is 1. The molecule has 2 rings (SSSR count). The lowest BCUT2D eigenvalue weighted by atomic mass is 9.71. The van der Waals surface area contributed by atoms with Crippen LogP contribution in [0, 0.1) is 11.3 Å². The standard InChI is InChI=1S/C26H44O3Si/c1-9-17-26(18-10-19-29-30(7,8)25(3,4)5)21(2)11-16-24(26)28-20-22-12-14-23(27-6)15-13-22/h9,12-15,21,24H,1,10-11,16-20H2,2-8H3/t21-,24?,26+/m0/s1. The van der Waals surface area contributed by atoms with Gasteiger partial charge in [-0.3, -0.25) is 0 Å². The molecular formula is C26H44O3Si. The lowest BCUT2D eigenvalue weighted by Crippen LogP contribution is -2.41. The number of methoxy groups -OCH3 is 1. The van der Waals surface area contributed by atoms with Crippen molar-refractivity contribution in [1.82, 2.24) is 0 Å². The Morgan fingerprint density at radius 2 is 1.83 bits per heavy atom. The average Bonchev–Trinajstić information content (AvgIpc) is 2.99. The van der Waals surface area contributed by atoms with E-state index in [2.05, 4.69) is 65.6 Å². The molecule has 170 valence electrons. The first-order chi connectivity index (χ1) is 14.1. The van der Waals surface area contributed by atoms with E-state index in [1.807, 2.05) is 12.1 Å². The molecule has 1 aliphatic carbocycles. The second-order valence-electron chi connectivity index (χ2n) is 10.6. The van der Waals surface area contributed by atoms with Crippen molar-refractivity contribution in [2.45, 2.75) is 90.6 Å². The molecule has 0 aromatic heterocycles. The van der Waals surface area contributed by atoms with Gasteiger partial charge in [0.25, 0.3) is 0 Å². The fourth-order valence-electron chi connectivity index (χ4n) is 4.52. The van der Waals surface area contributed by atoms with Gasteiger partial charge in [0.2, 0.25) is 0 Å². The van der Waals surface area contributed by atoms with Crippen molar-refractivity contribution in [3.63, 3.8) is 0 Å². The molecule has 1 aliphatic rings. The van der Waals surface area contributed by atoms with E-state index in [-0.39, 0.29) is 16.6 Å². The molecule has 30 heavy (non-hydrogen) atoms. The van der Waals surface area contributed by atoms with Crippen LogP contribution in [0.15, 0.2) is 36.9 Å². The largest absolute Gasteiger partial charge is 0.497 e. The molecule has 3 nitrogen and oxygen atoms in total. The Kier molecular flexibility index (Phi) is 8.78. The molecule has 0 N–H and O–H groups in total. The first-order valence-corrected chi connectivity index (χ1v) is 14.5. The van der Waals surface area contributed by atoms with Gasteiger partial charge >= 0.3 is 0 Å². The third-order valence-corrected chi connectivity index (χ3v) is 12.2. The molecule has 0 spiro atoms. The Hall–Kier alpha value is -1.10. The van der Waals surface area contributed by atoms with Gasteiger partial charge in [-0.2, -0.15) is 0 Å². The highest BCUT2D eigenvalue weighted by Crippen LogP contribution is 2.51. The quantitative estimate of drug-likeness (QED) is 0.207. The third-order valence-electron chi connectivity index (χ3n) is 7.67. The monoisotopic (exact) mass is 432 g/mol. The molecule has 0 radical (unpaired) electrons. The van der Waals surface area contributed by atoms with Crippen molar-refractivity contribution in [2.75, 3.05) is 13.7 Å². The van der Waals surface area contributed by atoms with Crippen molar-refractivity contribution in [3.05, 3.63) is 42.5 Å². The average molecular weight is 433 g/mol. The maximum Gasteiger partial charge on any atom is 0.191 e. The number of ether oxygens (including phenoxy) is 2. The van der Waals surface area contributed by atoms with Crippen LogP contribution in [0.5, 0.6) is 5.75 Å². The van der Waals surface area contributed by atoms with Gasteiger partial charge in [0.1, 0.15) is 5.75 Å². The number of benzene rings is 1. The van der Waals surface area contributed by atoms with Gasteiger partial charge in [0.15, 0.2) is 8.32 Å². The first kappa shape index (κ1) is 25.2. The van der Waals surface area contributed by atoms with Crippen LogP contribution in [0.3, 0.4) is 0 Å². The maximum atomic E-state index is 6.53. The van der Waals surface area contributed by atoms with Crippen LogP contribution in [0.25, 0.3) is 0 Å². The van der Waals surface area contributed by atoms with Crippen LogP contribution < -0.4 is 4.74 Å². The zero-order valence-electron chi connectivity index (χ0n) is 20.4. The van der Waals surface area contributed by atoms with E-state index in [9.17, 15) is 0 Å². The predicted molar refractivity (Wildman–Crippen MR) is 130 cm³/mol. The van der Waals surface area contributed by atoms with E-state index in [1.54, 1.807) is 7.11 Å². The van der Waals surface area contributed by atoms with Crippen LogP contribution >= 0.6 is 0 Å². The molecule has 1 aromatic carbocycles. The van der Waals surface area contributed by atoms with Gasteiger partial charge in [-0.05, 0) is 73.9 Å². The molecule has 0 aliphatic heterocycles. The third kappa shape index (κ3) is 5.99. The lowest BCUT2D eigenvalue weighted by molar-refractivity contribution is -0.0499. The maximum absolute atomic E-state index is 6.53. The minimum Gasteiger partial charge on any atom is -0.497 e. The summed E-state index contributed by atoms with van der Waals surface area (Å²) < 4.78 is 18.3. The van der Waals surface area contributed by atoms with Crippen LogP contribution in [0.4, 0.5) is 0 Å². The molecule has 1 unspecified atom stereocenters. The van der Waals surface area contributed by atoms with Crippen molar-refractivity contribution < 1.29 is 13.9 Å². The molecular weight excluding hydrogens is 388 g/mol. The highest BCUT2D eigenvalue weighted by Gasteiger charge is 2.47. The molecule has 1 fully saturated rings. The molecule has 1 aromatic rings. The molecule has 1 saturated carbocycles. The second-order valence-corrected chi connectivity index (χ2v) is 15.4. The van der Waals surface area contributed by atoms with Gasteiger partial charge in [-0.15, -0.1) is 6.58 Å². The highest BCUT2D eigenvalue weighted by molar-refractivity contribution is 6.74. The Morgan fingerprint density at radius 3 is 2.40 bits per heavy atom. The Bertz CT molecular complexity index is 662. The van der Waals surface area contributed by atoms with Crippen LogP contribution in [-0.4, -0.2) is 28.1 Å². The zero-order valence-corrected chi connectivity index (χ0v) is 21.4. The minimum atomic E-state index is -1.69. The van der Waals surface area contributed by atoms with E-state index in [0.717, 1.165) is 38.0 Å². The fourth-order valence-corrected chi connectivity index (χ4v) is 5.61. The normalized spacial score (nSPS) is 24.8. The van der Waals surface area contributed by atoms with E-state index < -0.39 is 8.32 Å².